The lowest BCUT2D eigenvalue weighted by Gasteiger charge is -2.11. The van der Waals surface area contributed by atoms with E-state index in [9.17, 15) is 9.59 Å². The number of carbonyl (C=O) groups is 2. The van der Waals surface area contributed by atoms with Crippen molar-refractivity contribution in [1.29, 1.82) is 0 Å². The maximum Gasteiger partial charge on any atom is 0.301 e. The largest absolute Gasteiger partial charge is 0.301 e. The summed E-state index contributed by atoms with van der Waals surface area (Å²) in [4.78, 5) is 28.0. The van der Waals surface area contributed by atoms with E-state index in [1.807, 2.05) is 0 Å². The van der Waals surface area contributed by atoms with E-state index >= 15 is 0 Å². The van der Waals surface area contributed by atoms with Gasteiger partial charge >= 0.3 is 5.91 Å². The fourth-order valence-electron chi connectivity index (χ4n) is 1.49. The van der Waals surface area contributed by atoms with Crippen LogP contribution in [0, 0.1) is 0 Å². The Kier molecular flexibility index (Phi) is 2.41. The average Bonchev–Trinajstić information content (AvgIpc) is 2.51. The van der Waals surface area contributed by atoms with Crippen molar-refractivity contribution in [2.75, 3.05) is 11.6 Å². The van der Waals surface area contributed by atoms with Crippen molar-refractivity contribution in [3.8, 4) is 0 Å². The normalized spacial score (nSPS) is 13.7. The monoisotopic (exact) mass is 218 g/mol. The number of hydrogen-bond acceptors (Lipinski definition) is 4. The third kappa shape index (κ3) is 1.48. The average molecular weight is 218 g/mol. The highest BCUT2D eigenvalue weighted by molar-refractivity contribution is 7.78. The van der Waals surface area contributed by atoms with Crippen molar-refractivity contribution in [2.24, 2.45) is 4.99 Å². The fourth-order valence-corrected chi connectivity index (χ4v) is 1.55. The lowest BCUT2D eigenvalue weighted by Crippen LogP contribution is -2.29. The van der Waals surface area contributed by atoms with Crippen molar-refractivity contribution in [2.45, 2.75) is 0 Å². The zero-order valence-corrected chi connectivity index (χ0v) is 8.45. The van der Waals surface area contributed by atoms with Gasteiger partial charge in [-0.05, 0) is 24.4 Å². The molecule has 0 aromatic heterocycles. The molecule has 0 unspecified atom stereocenters. The number of Topliss-reactive ketones (excluding diaryl/α,β-unsaturated/α-hetero) is 1. The molecule has 15 heavy (non-hydrogen) atoms. The number of rotatable bonds is 2. The number of anilines is 1. The third-order valence-electron chi connectivity index (χ3n) is 2.16. The Labute approximate surface area is 91.2 Å². The van der Waals surface area contributed by atoms with Gasteiger partial charge < -0.3 is 0 Å². The number of thiocarbonyl (C=S) groups is 1. The van der Waals surface area contributed by atoms with Gasteiger partial charge in [0.05, 0.1) is 16.4 Å². The Bertz CT molecular complexity index is 492. The predicted molar refractivity (Wildman–Crippen MR) is 58.2 cm³/mol. The van der Waals surface area contributed by atoms with Gasteiger partial charge in [0.15, 0.2) is 0 Å². The molecule has 0 N–H and O–H groups in total. The molecule has 1 aromatic carbocycles. The highest BCUT2D eigenvalue weighted by Gasteiger charge is 2.34. The molecule has 4 nitrogen and oxygen atoms in total. The minimum atomic E-state index is -0.565. The molecular weight excluding hydrogens is 212 g/mol. The quantitative estimate of drug-likeness (QED) is 0.427. The van der Waals surface area contributed by atoms with Gasteiger partial charge in [-0.1, -0.05) is 12.1 Å². The summed E-state index contributed by atoms with van der Waals surface area (Å²) in [6.45, 7) is 0.0467. The molecule has 0 bridgehead atoms. The molecule has 0 fully saturated rings. The van der Waals surface area contributed by atoms with Gasteiger partial charge in [-0.2, -0.15) is 0 Å². The number of fused-ring (bicyclic) bond motifs is 1. The van der Waals surface area contributed by atoms with E-state index in [2.05, 4.69) is 22.4 Å². The van der Waals surface area contributed by atoms with Crippen molar-refractivity contribution in [3.63, 3.8) is 0 Å². The van der Waals surface area contributed by atoms with Crippen molar-refractivity contribution < 1.29 is 9.59 Å². The zero-order valence-electron chi connectivity index (χ0n) is 7.64. The van der Waals surface area contributed by atoms with E-state index < -0.39 is 11.7 Å². The van der Waals surface area contributed by atoms with Crippen molar-refractivity contribution in [1.82, 2.24) is 0 Å². The summed E-state index contributed by atoms with van der Waals surface area (Å²) in [5.74, 6) is -1.06. The SMILES string of the molecule is O=C1C(=O)N(CN=C=S)c2ccccc21. The van der Waals surface area contributed by atoms with Gasteiger partial charge in [0, 0.05) is 0 Å². The predicted octanol–water partition coefficient (Wildman–Crippen LogP) is 1.28. The van der Waals surface area contributed by atoms with Crippen LogP contribution in [-0.4, -0.2) is 23.5 Å². The first kappa shape index (κ1) is 9.71. The second-order valence-corrected chi connectivity index (χ2v) is 3.15. The van der Waals surface area contributed by atoms with Crippen LogP contribution in [0.25, 0.3) is 0 Å². The highest BCUT2D eigenvalue weighted by Crippen LogP contribution is 2.27. The maximum absolute atomic E-state index is 11.5. The summed E-state index contributed by atoms with van der Waals surface area (Å²) in [5.41, 5.74) is 1.00. The van der Waals surface area contributed by atoms with E-state index in [0.717, 1.165) is 0 Å². The van der Waals surface area contributed by atoms with E-state index in [1.54, 1.807) is 24.3 Å². The van der Waals surface area contributed by atoms with E-state index in [-0.39, 0.29) is 6.67 Å². The molecule has 2 rings (SSSR count). The number of benzene rings is 1. The molecule has 1 aliphatic heterocycles. The van der Waals surface area contributed by atoms with Crippen LogP contribution in [0.5, 0.6) is 0 Å². The molecule has 1 amide bonds. The van der Waals surface area contributed by atoms with Crippen LogP contribution in [-0.2, 0) is 4.79 Å². The number of carbonyl (C=O) groups excluding carboxylic acids is 2. The molecular formula is C10H6N2O2S. The molecule has 1 aromatic rings. The standard InChI is InChI=1S/C10H6N2O2S/c13-9-7-3-1-2-4-8(7)12(10(9)14)5-11-6-15/h1-4H,5H2. The van der Waals surface area contributed by atoms with Gasteiger partial charge in [-0.3, -0.25) is 14.5 Å². The van der Waals surface area contributed by atoms with Crippen LogP contribution < -0.4 is 4.90 Å². The van der Waals surface area contributed by atoms with Gasteiger partial charge in [-0.25, -0.2) is 4.99 Å². The van der Waals surface area contributed by atoms with Gasteiger partial charge in [-0.15, -0.1) is 0 Å². The molecule has 1 aliphatic rings. The minimum Gasteiger partial charge on any atom is -0.284 e. The molecule has 5 heteroatoms. The number of isothiocyanates is 1. The first-order valence-electron chi connectivity index (χ1n) is 4.24. The molecule has 0 aliphatic carbocycles. The number of ketones is 1. The summed E-state index contributed by atoms with van der Waals surface area (Å²) in [7, 11) is 0. The summed E-state index contributed by atoms with van der Waals surface area (Å²) in [6, 6.07) is 6.81. The minimum absolute atomic E-state index is 0.0467. The second kappa shape index (κ2) is 3.73. The summed E-state index contributed by atoms with van der Waals surface area (Å²) >= 11 is 4.41. The Morgan fingerprint density at radius 3 is 2.80 bits per heavy atom. The Hall–Kier alpha value is -1.84. The summed E-state index contributed by atoms with van der Waals surface area (Å²) in [5, 5.41) is 2.16. The topological polar surface area (TPSA) is 49.7 Å². The van der Waals surface area contributed by atoms with Crippen LogP contribution in [0.1, 0.15) is 10.4 Å². The number of para-hydroxylation sites is 1. The van der Waals surface area contributed by atoms with Gasteiger partial charge in [0.2, 0.25) is 0 Å². The molecule has 0 saturated heterocycles. The molecule has 0 saturated carbocycles. The first-order valence-corrected chi connectivity index (χ1v) is 4.65. The molecule has 0 spiro atoms. The highest BCUT2D eigenvalue weighted by atomic mass is 32.1. The van der Waals surface area contributed by atoms with Crippen LogP contribution in [0.3, 0.4) is 0 Å². The lowest BCUT2D eigenvalue weighted by molar-refractivity contribution is -0.114. The number of hydrogen-bond donors (Lipinski definition) is 0. The number of nitrogens with zero attached hydrogens (tertiary/aromatic N) is 2. The Morgan fingerprint density at radius 1 is 1.33 bits per heavy atom. The van der Waals surface area contributed by atoms with Crippen molar-refractivity contribution in [3.05, 3.63) is 29.8 Å². The Morgan fingerprint density at radius 2 is 2.07 bits per heavy atom. The van der Waals surface area contributed by atoms with Gasteiger partial charge in [0.1, 0.15) is 6.67 Å². The van der Waals surface area contributed by atoms with Crippen LogP contribution in [0.2, 0.25) is 0 Å². The van der Waals surface area contributed by atoms with E-state index in [0.29, 0.717) is 11.3 Å². The summed E-state index contributed by atoms with van der Waals surface area (Å²) < 4.78 is 0. The molecule has 0 radical (unpaired) electrons. The lowest BCUT2D eigenvalue weighted by atomic mass is 10.1. The summed E-state index contributed by atoms with van der Waals surface area (Å²) in [6.07, 6.45) is 0. The molecule has 0 atom stereocenters. The van der Waals surface area contributed by atoms with Crippen LogP contribution >= 0.6 is 12.2 Å². The smallest absolute Gasteiger partial charge is 0.284 e. The number of aliphatic imine (C=N–C) groups is 1. The fraction of sp³-hybridized carbons (Fsp3) is 0.100. The van der Waals surface area contributed by atoms with Crippen LogP contribution in [0.15, 0.2) is 29.3 Å². The van der Waals surface area contributed by atoms with Gasteiger partial charge in [0.25, 0.3) is 5.78 Å². The maximum atomic E-state index is 11.5. The third-order valence-corrected chi connectivity index (χ3v) is 2.28. The molecule has 1 heterocycles. The van der Waals surface area contributed by atoms with Crippen LogP contribution in [0.4, 0.5) is 5.69 Å². The zero-order chi connectivity index (χ0) is 10.8. The molecule has 74 valence electrons. The number of amides is 1. The Balaban J connectivity index is 2.46. The van der Waals surface area contributed by atoms with E-state index in [1.165, 1.54) is 4.90 Å². The van der Waals surface area contributed by atoms with Crippen molar-refractivity contribution >= 4 is 34.8 Å². The van der Waals surface area contributed by atoms with E-state index in [4.69, 9.17) is 0 Å². The second-order valence-electron chi connectivity index (χ2n) is 2.97. The first-order chi connectivity index (χ1) is 7.25.